The van der Waals surface area contributed by atoms with Gasteiger partial charge in [0.2, 0.25) is 0 Å². The van der Waals surface area contributed by atoms with Crippen molar-refractivity contribution in [1.29, 1.82) is 0 Å². The number of alkyl halides is 3. The van der Waals surface area contributed by atoms with Crippen molar-refractivity contribution in [1.82, 2.24) is 0 Å². The monoisotopic (exact) mass is 269 g/mol. The van der Waals surface area contributed by atoms with E-state index in [-0.39, 0.29) is 15.9 Å². The Morgan fingerprint density at radius 1 is 1.36 bits per heavy atom. The molecule has 0 saturated carbocycles. The molecule has 0 fully saturated rings. The Morgan fingerprint density at radius 3 is 2.29 bits per heavy atom. The number of ether oxygens (including phenoxy) is 1. The van der Waals surface area contributed by atoms with Gasteiger partial charge in [0.05, 0.1) is 22.8 Å². The van der Waals surface area contributed by atoms with Gasteiger partial charge in [-0.05, 0) is 28.1 Å². The molecule has 78 valence electrons. The highest BCUT2D eigenvalue weighted by molar-refractivity contribution is 9.10. The zero-order valence-electron chi connectivity index (χ0n) is 7.15. The zero-order chi connectivity index (χ0) is 10.9. The summed E-state index contributed by atoms with van der Waals surface area (Å²) < 4.78 is 41.8. The third kappa shape index (κ3) is 2.12. The van der Waals surface area contributed by atoms with Gasteiger partial charge in [0.15, 0.2) is 5.75 Å². The number of methoxy groups -OCH3 is 1. The molecule has 0 saturated heterocycles. The second-order valence-corrected chi connectivity index (χ2v) is 3.43. The van der Waals surface area contributed by atoms with Crippen LogP contribution in [-0.4, -0.2) is 7.11 Å². The molecule has 2 nitrogen and oxygen atoms in total. The molecule has 0 radical (unpaired) electrons. The van der Waals surface area contributed by atoms with Crippen molar-refractivity contribution in [2.45, 2.75) is 6.18 Å². The van der Waals surface area contributed by atoms with Gasteiger partial charge in [-0.1, -0.05) is 0 Å². The molecule has 2 N–H and O–H groups in total. The maximum atomic E-state index is 12.3. The average Bonchev–Trinajstić information content (AvgIpc) is 2.01. The smallest absolute Gasteiger partial charge is 0.416 e. The molecule has 1 rings (SSSR count). The maximum Gasteiger partial charge on any atom is 0.416 e. The molecule has 0 aliphatic heterocycles. The Kier molecular flexibility index (Phi) is 2.94. The van der Waals surface area contributed by atoms with Gasteiger partial charge in [0.1, 0.15) is 0 Å². The van der Waals surface area contributed by atoms with Crippen molar-refractivity contribution in [3.63, 3.8) is 0 Å². The van der Waals surface area contributed by atoms with Crippen molar-refractivity contribution in [3.05, 3.63) is 22.2 Å². The van der Waals surface area contributed by atoms with Gasteiger partial charge in [-0.2, -0.15) is 13.2 Å². The fourth-order valence-corrected chi connectivity index (χ4v) is 1.63. The molecule has 0 aliphatic rings. The summed E-state index contributed by atoms with van der Waals surface area (Å²) in [5.74, 6) is 0.206. The van der Waals surface area contributed by atoms with Crippen molar-refractivity contribution >= 4 is 21.6 Å². The lowest BCUT2D eigenvalue weighted by Crippen LogP contribution is -2.06. The second kappa shape index (κ2) is 3.68. The minimum absolute atomic E-state index is 0.0470. The molecule has 6 heteroatoms. The second-order valence-electron chi connectivity index (χ2n) is 2.58. The molecule has 14 heavy (non-hydrogen) atoms. The van der Waals surface area contributed by atoms with E-state index in [9.17, 15) is 13.2 Å². The van der Waals surface area contributed by atoms with Crippen LogP contribution in [0.3, 0.4) is 0 Å². The van der Waals surface area contributed by atoms with Crippen molar-refractivity contribution < 1.29 is 17.9 Å². The van der Waals surface area contributed by atoms with Gasteiger partial charge < -0.3 is 10.5 Å². The molecular weight excluding hydrogens is 263 g/mol. The predicted octanol–water partition coefficient (Wildman–Crippen LogP) is 3.06. The number of hydrogen-bond acceptors (Lipinski definition) is 2. The van der Waals surface area contributed by atoms with Crippen molar-refractivity contribution in [3.8, 4) is 5.75 Å². The zero-order valence-corrected chi connectivity index (χ0v) is 8.74. The summed E-state index contributed by atoms with van der Waals surface area (Å²) in [7, 11) is 1.34. The Morgan fingerprint density at radius 2 is 1.93 bits per heavy atom. The lowest BCUT2D eigenvalue weighted by molar-refractivity contribution is -0.137. The molecule has 0 atom stereocenters. The SMILES string of the molecule is COc1c(N)cc(C(F)(F)F)cc1Br. The van der Waals surface area contributed by atoms with E-state index >= 15 is 0 Å². The summed E-state index contributed by atoms with van der Waals surface area (Å²) in [4.78, 5) is 0. The number of halogens is 4. The Labute approximate surface area is 87.0 Å². The normalized spacial score (nSPS) is 11.5. The molecule has 1 aromatic carbocycles. The van der Waals surface area contributed by atoms with E-state index in [1.165, 1.54) is 7.11 Å². The van der Waals surface area contributed by atoms with Gasteiger partial charge in [0.25, 0.3) is 0 Å². The van der Waals surface area contributed by atoms with Crippen LogP contribution in [0.15, 0.2) is 16.6 Å². The Bertz CT molecular complexity index is 328. The van der Waals surface area contributed by atoms with Crippen LogP contribution in [0.25, 0.3) is 0 Å². The highest BCUT2D eigenvalue weighted by Crippen LogP contribution is 2.38. The first-order valence-electron chi connectivity index (χ1n) is 3.56. The molecule has 0 aliphatic carbocycles. The average molecular weight is 270 g/mol. The maximum absolute atomic E-state index is 12.3. The molecule has 1 aromatic rings. The Hall–Kier alpha value is -0.910. The van der Waals surface area contributed by atoms with Crippen LogP contribution in [-0.2, 0) is 6.18 Å². The van der Waals surface area contributed by atoms with Gasteiger partial charge in [0, 0.05) is 0 Å². The van der Waals surface area contributed by atoms with Gasteiger partial charge in [-0.25, -0.2) is 0 Å². The summed E-state index contributed by atoms with van der Waals surface area (Å²) in [6.45, 7) is 0. The third-order valence-corrected chi connectivity index (χ3v) is 2.19. The summed E-state index contributed by atoms with van der Waals surface area (Å²) in [6, 6.07) is 1.76. The van der Waals surface area contributed by atoms with E-state index in [2.05, 4.69) is 15.9 Å². The van der Waals surface area contributed by atoms with E-state index in [1.54, 1.807) is 0 Å². The van der Waals surface area contributed by atoms with E-state index in [0.717, 1.165) is 12.1 Å². The van der Waals surface area contributed by atoms with Crippen LogP contribution in [0, 0.1) is 0 Å². The fourth-order valence-electron chi connectivity index (χ4n) is 0.994. The largest absolute Gasteiger partial charge is 0.493 e. The van der Waals surface area contributed by atoms with Crippen LogP contribution in [0.1, 0.15) is 5.56 Å². The first-order chi connectivity index (χ1) is 6.36. The van der Waals surface area contributed by atoms with Crippen LogP contribution >= 0.6 is 15.9 Å². The number of nitrogens with two attached hydrogens (primary N) is 1. The Balaban J connectivity index is 3.28. The molecule has 0 aromatic heterocycles. The van der Waals surface area contributed by atoms with Crippen molar-refractivity contribution in [2.24, 2.45) is 0 Å². The number of hydrogen-bond donors (Lipinski definition) is 1. The molecule has 0 bridgehead atoms. The summed E-state index contributed by atoms with van der Waals surface area (Å²) in [5.41, 5.74) is 4.52. The molecule has 0 spiro atoms. The first kappa shape index (κ1) is 11.2. The third-order valence-electron chi connectivity index (χ3n) is 1.60. The molecule has 0 heterocycles. The lowest BCUT2D eigenvalue weighted by atomic mass is 10.2. The fraction of sp³-hybridized carbons (Fsp3) is 0.250. The number of nitrogen functional groups attached to an aromatic ring is 1. The predicted molar refractivity (Wildman–Crippen MR) is 50.1 cm³/mol. The standard InChI is InChI=1S/C8H7BrF3NO/c1-14-7-5(9)2-4(3-6(7)13)8(10,11)12/h2-3H,13H2,1H3. The van der Waals surface area contributed by atoms with Gasteiger partial charge in [-0.15, -0.1) is 0 Å². The number of rotatable bonds is 1. The van der Waals surface area contributed by atoms with Gasteiger partial charge >= 0.3 is 6.18 Å². The topological polar surface area (TPSA) is 35.2 Å². The van der Waals surface area contributed by atoms with Crippen LogP contribution in [0.5, 0.6) is 5.75 Å². The highest BCUT2D eigenvalue weighted by atomic mass is 79.9. The number of benzene rings is 1. The van der Waals surface area contributed by atoms with Gasteiger partial charge in [-0.3, -0.25) is 0 Å². The van der Waals surface area contributed by atoms with Crippen LogP contribution < -0.4 is 10.5 Å². The first-order valence-corrected chi connectivity index (χ1v) is 4.35. The number of anilines is 1. The van der Waals surface area contributed by atoms with E-state index in [4.69, 9.17) is 10.5 Å². The van der Waals surface area contributed by atoms with E-state index in [1.807, 2.05) is 0 Å². The van der Waals surface area contributed by atoms with Crippen LogP contribution in [0.4, 0.5) is 18.9 Å². The summed E-state index contributed by atoms with van der Waals surface area (Å²) in [6.07, 6.45) is -4.40. The molecular formula is C8H7BrF3NO. The summed E-state index contributed by atoms with van der Waals surface area (Å²) >= 11 is 2.95. The summed E-state index contributed by atoms with van der Waals surface area (Å²) in [5, 5.41) is 0. The molecule has 0 unspecified atom stereocenters. The highest BCUT2D eigenvalue weighted by Gasteiger charge is 2.31. The molecule has 0 amide bonds. The minimum Gasteiger partial charge on any atom is -0.493 e. The lowest BCUT2D eigenvalue weighted by Gasteiger charge is -2.11. The quantitative estimate of drug-likeness (QED) is 0.796. The van der Waals surface area contributed by atoms with Crippen LogP contribution in [0.2, 0.25) is 0 Å². The minimum atomic E-state index is -4.40. The van der Waals surface area contributed by atoms with E-state index in [0.29, 0.717) is 0 Å². The van der Waals surface area contributed by atoms with E-state index < -0.39 is 11.7 Å². The van der Waals surface area contributed by atoms with Crippen molar-refractivity contribution in [2.75, 3.05) is 12.8 Å².